The van der Waals surface area contributed by atoms with Crippen molar-refractivity contribution in [2.45, 2.75) is 13.3 Å². The molecule has 0 spiro atoms. The lowest BCUT2D eigenvalue weighted by Crippen LogP contribution is -2.10. The monoisotopic (exact) mass is 260 g/mol. The van der Waals surface area contributed by atoms with E-state index in [2.05, 4.69) is 10.3 Å². The Kier molecular flexibility index (Phi) is 3.91. The van der Waals surface area contributed by atoms with Gasteiger partial charge in [0, 0.05) is 23.7 Å². The molecule has 2 aromatic rings. The van der Waals surface area contributed by atoms with E-state index in [0.717, 1.165) is 17.5 Å². The molecule has 6 heteroatoms. The molecule has 1 aromatic heterocycles. The molecule has 0 saturated carbocycles. The first-order chi connectivity index (χ1) is 9.13. The molecule has 0 saturated heterocycles. The van der Waals surface area contributed by atoms with Gasteiger partial charge in [-0.2, -0.15) is 0 Å². The average Bonchev–Trinajstić information content (AvgIpc) is 2.38. The molecule has 3 N–H and O–H groups in total. The predicted molar refractivity (Wildman–Crippen MR) is 75.3 cm³/mol. The van der Waals surface area contributed by atoms with Crippen molar-refractivity contribution in [2.75, 3.05) is 18.4 Å². The molecule has 0 aliphatic heterocycles. The van der Waals surface area contributed by atoms with E-state index < -0.39 is 0 Å². The molecule has 0 aliphatic carbocycles. The second-order valence-electron chi connectivity index (χ2n) is 4.31. The molecule has 0 bridgehead atoms. The maximum absolute atomic E-state index is 11.0. The predicted octanol–water partition coefficient (Wildman–Crippen LogP) is 2.21. The smallest absolute Gasteiger partial charge is 0.277 e. The van der Waals surface area contributed by atoms with Crippen molar-refractivity contribution in [3.05, 3.63) is 40.1 Å². The van der Waals surface area contributed by atoms with Crippen LogP contribution in [0.25, 0.3) is 10.8 Å². The first-order valence-electron chi connectivity index (χ1n) is 6.12. The molecule has 1 heterocycles. The van der Waals surface area contributed by atoms with Gasteiger partial charge in [0.1, 0.15) is 5.82 Å². The molecule has 19 heavy (non-hydrogen) atoms. The summed E-state index contributed by atoms with van der Waals surface area (Å²) in [5, 5.41) is 15.6. The van der Waals surface area contributed by atoms with Crippen LogP contribution >= 0.6 is 0 Å². The van der Waals surface area contributed by atoms with Gasteiger partial charge in [0.05, 0.1) is 10.3 Å². The number of non-ortho nitro benzene ring substituents is 1. The second kappa shape index (κ2) is 5.62. The molecule has 6 nitrogen and oxygen atoms in total. The van der Waals surface area contributed by atoms with Crippen LogP contribution in [0.2, 0.25) is 0 Å². The van der Waals surface area contributed by atoms with Gasteiger partial charge in [-0.1, -0.05) is 12.1 Å². The molecule has 0 fully saturated rings. The lowest BCUT2D eigenvalue weighted by molar-refractivity contribution is -0.383. The highest BCUT2D eigenvalue weighted by molar-refractivity contribution is 5.98. The van der Waals surface area contributed by atoms with Crippen molar-refractivity contribution in [2.24, 2.45) is 5.73 Å². The van der Waals surface area contributed by atoms with Crippen LogP contribution < -0.4 is 11.1 Å². The third kappa shape index (κ3) is 2.79. The number of rotatable bonds is 5. The Morgan fingerprint density at radius 1 is 1.42 bits per heavy atom. The SMILES string of the molecule is Cc1cc2c([N+](=O)[O-])cccc2c(NCCCN)n1. The minimum atomic E-state index is -0.370. The van der Waals surface area contributed by atoms with Crippen LogP contribution in [-0.4, -0.2) is 23.0 Å². The lowest BCUT2D eigenvalue weighted by atomic mass is 10.1. The molecular formula is C13H16N4O2. The largest absolute Gasteiger partial charge is 0.369 e. The minimum Gasteiger partial charge on any atom is -0.369 e. The summed E-state index contributed by atoms with van der Waals surface area (Å²) in [6, 6.07) is 6.75. The Balaban J connectivity index is 2.52. The third-order valence-electron chi connectivity index (χ3n) is 2.85. The van der Waals surface area contributed by atoms with Crippen LogP contribution in [0.3, 0.4) is 0 Å². The van der Waals surface area contributed by atoms with Gasteiger partial charge in [0.2, 0.25) is 0 Å². The highest BCUT2D eigenvalue weighted by Crippen LogP contribution is 2.30. The number of anilines is 1. The van der Waals surface area contributed by atoms with Crippen molar-refractivity contribution in [3.63, 3.8) is 0 Å². The highest BCUT2D eigenvalue weighted by atomic mass is 16.6. The zero-order chi connectivity index (χ0) is 13.8. The number of nitro groups is 1. The van der Waals surface area contributed by atoms with E-state index in [0.29, 0.717) is 24.3 Å². The van der Waals surface area contributed by atoms with E-state index in [-0.39, 0.29) is 10.6 Å². The maximum atomic E-state index is 11.0. The second-order valence-corrected chi connectivity index (χ2v) is 4.31. The molecule has 2 rings (SSSR count). The maximum Gasteiger partial charge on any atom is 0.277 e. The number of aromatic nitrogens is 1. The zero-order valence-electron chi connectivity index (χ0n) is 10.7. The summed E-state index contributed by atoms with van der Waals surface area (Å²) in [5.74, 6) is 0.673. The van der Waals surface area contributed by atoms with Crippen LogP contribution in [-0.2, 0) is 0 Å². The summed E-state index contributed by atoms with van der Waals surface area (Å²) in [5.41, 5.74) is 6.30. The number of nitrogens with one attached hydrogen (secondary N) is 1. The van der Waals surface area contributed by atoms with Gasteiger partial charge in [0.25, 0.3) is 5.69 Å². The molecule has 0 radical (unpaired) electrons. The van der Waals surface area contributed by atoms with Gasteiger partial charge in [0.15, 0.2) is 0 Å². The van der Waals surface area contributed by atoms with Crippen molar-refractivity contribution < 1.29 is 4.92 Å². The standard InChI is InChI=1S/C13H16N4O2/c1-9-8-11-10(4-2-5-12(11)17(18)19)13(16-9)15-7-3-6-14/h2,4-5,8H,3,6-7,14H2,1H3,(H,15,16). The van der Waals surface area contributed by atoms with E-state index in [1.807, 2.05) is 13.0 Å². The number of benzene rings is 1. The molecule has 100 valence electrons. The summed E-state index contributed by atoms with van der Waals surface area (Å²) >= 11 is 0. The topological polar surface area (TPSA) is 94.1 Å². The van der Waals surface area contributed by atoms with Crippen LogP contribution in [0.15, 0.2) is 24.3 Å². The summed E-state index contributed by atoms with van der Waals surface area (Å²) in [6.45, 7) is 3.12. The van der Waals surface area contributed by atoms with Crippen LogP contribution in [0.1, 0.15) is 12.1 Å². The van der Waals surface area contributed by atoms with E-state index >= 15 is 0 Å². The fourth-order valence-corrected chi connectivity index (χ4v) is 1.99. The van der Waals surface area contributed by atoms with Crippen LogP contribution in [0.4, 0.5) is 11.5 Å². The average molecular weight is 260 g/mol. The Morgan fingerprint density at radius 3 is 2.89 bits per heavy atom. The number of nitrogens with zero attached hydrogens (tertiary/aromatic N) is 2. The Hall–Kier alpha value is -2.21. The van der Waals surface area contributed by atoms with Crippen molar-refractivity contribution >= 4 is 22.3 Å². The fourth-order valence-electron chi connectivity index (χ4n) is 1.99. The molecule has 0 atom stereocenters. The van der Waals surface area contributed by atoms with Gasteiger partial charge in [-0.15, -0.1) is 0 Å². The number of nitrogens with two attached hydrogens (primary N) is 1. The van der Waals surface area contributed by atoms with Crippen LogP contribution in [0, 0.1) is 17.0 Å². The normalized spacial score (nSPS) is 10.6. The number of pyridine rings is 1. The molecular weight excluding hydrogens is 244 g/mol. The minimum absolute atomic E-state index is 0.102. The van der Waals surface area contributed by atoms with Gasteiger partial charge < -0.3 is 11.1 Å². The Labute approximate surface area is 110 Å². The van der Waals surface area contributed by atoms with E-state index in [1.165, 1.54) is 6.07 Å². The first-order valence-corrected chi connectivity index (χ1v) is 6.12. The number of fused-ring (bicyclic) bond motifs is 1. The fraction of sp³-hybridized carbons (Fsp3) is 0.308. The number of hydrogen-bond acceptors (Lipinski definition) is 5. The van der Waals surface area contributed by atoms with Gasteiger partial charge >= 0.3 is 0 Å². The summed E-state index contributed by atoms with van der Waals surface area (Å²) in [4.78, 5) is 15.1. The summed E-state index contributed by atoms with van der Waals surface area (Å²) in [6.07, 6.45) is 0.825. The van der Waals surface area contributed by atoms with Gasteiger partial charge in [-0.3, -0.25) is 10.1 Å². The number of aryl methyl sites for hydroxylation is 1. The van der Waals surface area contributed by atoms with Crippen molar-refractivity contribution in [1.29, 1.82) is 0 Å². The highest BCUT2D eigenvalue weighted by Gasteiger charge is 2.14. The first kappa shape index (κ1) is 13.2. The molecule has 1 aromatic carbocycles. The van der Waals surface area contributed by atoms with Gasteiger partial charge in [-0.05, 0) is 26.0 Å². The van der Waals surface area contributed by atoms with E-state index in [4.69, 9.17) is 5.73 Å². The van der Waals surface area contributed by atoms with Crippen LogP contribution in [0.5, 0.6) is 0 Å². The van der Waals surface area contributed by atoms with Crippen molar-refractivity contribution in [3.8, 4) is 0 Å². The van der Waals surface area contributed by atoms with Crippen molar-refractivity contribution in [1.82, 2.24) is 4.98 Å². The molecule has 0 amide bonds. The number of hydrogen-bond donors (Lipinski definition) is 2. The number of nitro benzene ring substituents is 1. The van der Waals surface area contributed by atoms with E-state index in [1.54, 1.807) is 12.1 Å². The lowest BCUT2D eigenvalue weighted by Gasteiger charge is -2.09. The Morgan fingerprint density at radius 2 is 2.21 bits per heavy atom. The molecule has 0 aliphatic rings. The Bertz CT molecular complexity index is 613. The van der Waals surface area contributed by atoms with Gasteiger partial charge in [-0.25, -0.2) is 4.98 Å². The van der Waals surface area contributed by atoms with E-state index in [9.17, 15) is 10.1 Å². The zero-order valence-corrected chi connectivity index (χ0v) is 10.7. The third-order valence-corrected chi connectivity index (χ3v) is 2.85. The quantitative estimate of drug-likeness (QED) is 0.488. The summed E-state index contributed by atoms with van der Waals surface area (Å²) < 4.78 is 0. The molecule has 0 unspecified atom stereocenters. The summed E-state index contributed by atoms with van der Waals surface area (Å²) in [7, 11) is 0.